The first-order valence-corrected chi connectivity index (χ1v) is 11.8. The maximum absolute atomic E-state index is 13.5. The van der Waals surface area contributed by atoms with Crippen LogP contribution in [0, 0.1) is 0 Å². The molecular formula is C25H24ClN3O2S. The lowest BCUT2D eigenvalue weighted by Gasteiger charge is -2.20. The van der Waals surface area contributed by atoms with Gasteiger partial charge in [0, 0.05) is 16.8 Å². The normalized spacial score (nSPS) is 10.9. The predicted octanol–water partition coefficient (Wildman–Crippen LogP) is 6.76. The van der Waals surface area contributed by atoms with Crippen LogP contribution in [0.15, 0.2) is 66.9 Å². The number of halogens is 1. The third-order valence-electron chi connectivity index (χ3n) is 4.98. The van der Waals surface area contributed by atoms with E-state index in [1.165, 1.54) is 11.3 Å². The first-order chi connectivity index (χ1) is 15.6. The number of hydrogen-bond donors (Lipinski definition) is 0. The van der Waals surface area contributed by atoms with Gasteiger partial charge in [0.25, 0.3) is 5.91 Å². The summed E-state index contributed by atoms with van der Waals surface area (Å²) in [6.07, 6.45) is 5.05. The summed E-state index contributed by atoms with van der Waals surface area (Å²) in [6, 6.07) is 18.5. The number of benzene rings is 2. The van der Waals surface area contributed by atoms with Crippen molar-refractivity contribution in [3.63, 3.8) is 0 Å². The number of carbonyl (C=O) groups excluding carboxylic acids is 1. The lowest BCUT2D eigenvalue weighted by Crippen LogP contribution is -2.30. The minimum Gasteiger partial charge on any atom is -0.494 e. The van der Waals surface area contributed by atoms with Crippen molar-refractivity contribution in [3.8, 4) is 5.75 Å². The van der Waals surface area contributed by atoms with Gasteiger partial charge in [-0.25, -0.2) is 4.98 Å². The van der Waals surface area contributed by atoms with Crippen molar-refractivity contribution >= 4 is 44.2 Å². The molecule has 0 aliphatic heterocycles. The van der Waals surface area contributed by atoms with E-state index in [0.29, 0.717) is 28.9 Å². The summed E-state index contributed by atoms with van der Waals surface area (Å²) in [7, 11) is 0. The highest BCUT2D eigenvalue weighted by Crippen LogP contribution is 2.32. The Balaban J connectivity index is 1.59. The number of fused-ring (bicyclic) bond motifs is 1. The molecule has 5 nitrogen and oxygen atoms in total. The van der Waals surface area contributed by atoms with Gasteiger partial charge < -0.3 is 4.74 Å². The molecule has 164 valence electrons. The van der Waals surface area contributed by atoms with Crippen LogP contribution < -0.4 is 9.64 Å². The number of ether oxygens (including phenoxy) is 1. The number of aromatic nitrogens is 2. The van der Waals surface area contributed by atoms with Crippen LogP contribution in [-0.2, 0) is 6.54 Å². The number of hydrogen-bond acceptors (Lipinski definition) is 5. The topological polar surface area (TPSA) is 55.3 Å². The van der Waals surface area contributed by atoms with Crippen LogP contribution in [0.1, 0.15) is 42.2 Å². The standard InChI is InChI=1S/C25H24ClN3O2S/c1-2-3-6-15-31-21-11-8-18(9-12-21)24(30)29(17-20-7-4-5-14-27-20)25-28-22-13-10-19(26)16-23(22)32-25/h4-5,7-14,16H,2-3,6,15,17H2,1H3. The van der Waals surface area contributed by atoms with Crippen molar-refractivity contribution in [1.82, 2.24) is 9.97 Å². The Morgan fingerprint density at radius 2 is 1.94 bits per heavy atom. The van der Waals surface area contributed by atoms with Gasteiger partial charge in [0.1, 0.15) is 5.75 Å². The van der Waals surface area contributed by atoms with Gasteiger partial charge in [0.2, 0.25) is 0 Å². The Morgan fingerprint density at radius 1 is 1.09 bits per heavy atom. The number of pyridine rings is 1. The number of anilines is 1. The highest BCUT2D eigenvalue weighted by atomic mass is 35.5. The molecule has 1 amide bonds. The largest absolute Gasteiger partial charge is 0.494 e. The summed E-state index contributed by atoms with van der Waals surface area (Å²) in [5, 5.41) is 1.25. The van der Waals surface area contributed by atoms with Gasteiger partial charge in [-0.15, -0.1) is 0 Å². The average molecular weight is 466 g/mol. The molecule has 4 aromatic rings. The maximum atomic E-state index is 13.5. The fourth-order valence-corrected chi connectivity index (χ4v) is 4.51. The molecule has 0 unspecified atom stereocenters. The first-order valence-electron chi connectivity index (χ1n) is 10.6. The Bertz CT molecular complexity index is 1180. The predicted molar refractivity (Wildman–Crippen MR) is 131 cm³/mol. The SMILES string of the molecule is CCCCCOc1ccc(C(=O)N(Cc2ccccn2)c2nc3ccc(Cl)cc3s2)cc1. The molecule has 0 saturated heterocycles. The van der Waals surface area contributed by atoms with Crippen molar-refractivity contribution in [1.29, 1.82) is 0 Å². The summed E-state index contributed by atoms with van der Waals surface area (Å²) in [5.74, 6) is 0.627. The Hall–Kier alpha value is -2.96. The van der Waals surface area contributed by atoms with Crippen LogP contribution in [-0.4, -0.2) is 22.5 Å². The molecular weight excluding hydrogens is 442 g/mol. The van der Waals surface area contributed by atoms with Gasteiger partial charge in [0.05, 0.1) is 29.1 Å². The van der Waals surface area contributed by atoms with Crippen molar-refractivity contribution in [3.05, 3.63) is 83.1 Å². The molecule has 2 heterocycles. The average Bonchev–Trinajstić information content (AvgIpc) is 3.24. The number of nitrogens with zero attached hydrogens (tertiary/aromatic N) is 3. The van der Waals surface area contributed by atoms with E-state index in [-0.39, 0.29) is 5.91 Å². The van der Waals surface area contributed by atoms with Crippen molar-refractivity contribution in [2.24, 2.45) is 0 Å². The van der Waals surface area contributed by atoms with E-state index in [9.17, 15) is 4.79 Å². The summed E-state index contributed by atoms with van der Waals surface area (Å²) >= 11 is 7.58. The molecule has 0 spiro atoms. The van der Waals surface area contributed by atoms with E-state index in [0.717, 1.165) is 40.9 Å². The first kappa shape index (κ1) is 22.2. The van der Waals surface area contributed by atoms with E-state index in [4.69, 9.17) is 16.3 Å². The molecule has 0 atom stereocenters. The zero-order valence-corrected chi connectivity index (χ0v) is 19.4. The third-order valence-corrected chi connectivity index (χ3v) is 6.26. The summed E-state index contributed by atoms with van der Waals surface area (Å²) in [5.41, 5.74) is 2.16. The molecule has 0 saturated carbocycles. The Morgan fingerprint density at radius 3 is 2.69 bits per heavy atom. The van der Waals surface area contributed by atoms with Gasteiger partial charge >= 0.3 is 0 Å². The van der Waals surface area contributed by atoms with Gasteiger partial charge in [-0.1, -0.05) is 48.8 Å². The molecule has 0 fully saturated rings. The zero-order valence-electron chi connectivity index (χ0n) is 17.8. The van der Waals surface area contributed by atoms with Crippen molar-refractivity contribution in [2.75, 3.05) is 11.5 Å². The second kappa shape index (κ2) is 10.6. The minimum absolute atomic E-state index is 0.140. The molecule has 0 N–H and O–H groups in total. The molecule has 2 aromatic heterocycles. The van der Waals surface area contributed by atoms with E-state index >= 15 is 0 Å². The van der Waals surface area contributed by atoms with Gasteiger partial charge in [-0.05, 0) is 61.0 Å². The molecule has 0 radical (unpaired) electrons. The quantitative estimate of drug-likeness (QED) is 0.256. The Kier molecular flexibility index (Phi) is 7.35. The van der Waals surface area contributed by atoms with E-state index in [2.05, 4.69) is 16.9 Å². The van der Waals surface area contributed by atoms with Crippen LogP contribution in [0.5, 0.6) is 5.75 Å². The number of thiazole rings is 1. The fourth-order valence-electron chi connectivity index (χ4n) is 3.27. The van der Waals surface area contributed by atoms with Crippen molar-refractivity contribution < 1.29 is 9.53 Å². The van der Waals surface area contributed by atoms with Gasteiger partial charge in [0.15, 0.2) is 5.13 Å². The van der Waals surface area contributed by atoms with E-state index < -0.39 is 0 Å². The molecule has 32 heavy (non-hydrogen) atoms. The van der Waals surface area contributed by atoms with E-state index in [1.54, 1.807) is 29.3 Å². The number of unbranched alkanes of at least 4 members (excludes halogenated alkanes) is 2. The molecule has 0 aliphatic rings. The van der Waals surface area contributed by atoms with Gasteiger partial charge in [-0.3, -0.25) is 14.7 Å². The zero-order chi connectivity index (χ0) is 22.3. The maximum Gasteiger partial charge on any atom is 0.260 e. The van der Waals surface area contributed by atoms with Crippen LogP contribution in [0.4, 0.5) is 5.13 Å². The highest BCUT2D eigenvalue weighted by molar-refractivity contribution is 7.22. The lowest BCUT2D eigenvalue weighted by molar-refractivity contribution is 0.0985. The fraction of sp³-hybridized carbons (Fsp3) is 0.240. The van der Waals surface area contributed by atoms with Crippen LogP contribution in [0.25, 0.3) is 10.2 Å². The summed E-state index contributed by atoms with van der Waals surface area (Å²) < 4.78 is 6.71. The molecule has 2 aromatic carbocycles. The lowest BCUT2D eigenvalue weighted by atomic mass is 10.2. The van der Waals surface area contributed by atoms with Crippen molar-refractivity contribution in [2.45, 2.75) is 32.7 Å². The van der Waals surface area contributed by atoms with Crippen LogP contribution >= 0.6 is 22.9 Å². The summed E-state index contributed by atoms with van der Waals surface area (Å²) in [4.78, 5) is 24.2. The van der Waals surface area contributed by atoms with Crippen LogP contribution in [0.3, 0.4) is 0 Å². The number of rotatable bonds is 9. The second-order valence-electron chi connectivity index (χ2n) is 7.40. The Labute approximate surface area is 196 Å². The summed E-state index contributed by atoms with van der Waals surface area (Å²) in [6.45, 7) is 3.17. The molecule has 0 aliphatic carbocycles. The third kappa shape index (κ3) is 5.44. The second-order valence-corrected chi connectivity index (χ2v) is 8.85. The number of carbonyl (C=O) groups is 1. The highest BCUT2D eigenvalue weighted by Gasteiger charge is 2.22. The smallest absolute Gasteiger partial charge is 0.260 e. The molecule has 4 rings (SSSR count). The van der Waals surface area contributed by atoms with Crippen LogP contribution in [0.2, 0.25) is 5.02 Å². The monoisotopic (exact) mass is 465 g/mol. The number of amides is 1. The van der Waals surface area contributed by atoms with Gasteiger partial charge in [-0.2, -0.15) is 0 Å². The minimum atomic E-state index is -0.140. The van der Waals surface area contributed by atoms with E-state index in [1.807, 2.05) is 42.5 Å². The molecule has 0 bridgehead atoms. The molecule has 7 heteroatoms.